The lowest BCUT2D eigenvalue weighted by molar-refractivity contribution is -0.160. The fraction of sp³-hybridized carbons (Fsp3) is 0.500. The van der Waals surface area contributed by atoms with Gasteiger partial charge in [-0.05, 0) is 41.1 Å². The largest absolute Gasteiger partial charge is 0.487 e. The molecule has 17 heavy (non-hydrogen) atoms. The smallest absolute Gasteiger partial charge is 0.137 e. The summed E-state index contributed by atoms with van der Waals surface area (Å²) in [6.07, 6.45) is -0.380. The summed E-state index contributed by atoms with van der Waals surface area (Å²) in [5.41, 5.74) is 0. The molecular formula is C12H14BrFO3. The highest BCUT2D eigenvalue weighted by Gasteiger charge is 2.42. The van der Waals surface area contributed by atoms with Crippen LogP contribution in [0.25, 0.3) is 0 Å². The minimum Gasteiger partial charge on any atom is -0.487 e. The Balaban J connectivity index is 1.99. The van der Waals surface area contributed by atoms with Gasteiger partial charge in [-0.2, -0.15) is 0 Å². The van der Waals surface area contributed by atoms with Crippen molar-refractivity contribution in [3.63, 3.8) is 0 Å². The minimum absolute atomic E-state index is 0.165. The number of hydrogen-bond acceptors (Lipinski definition) is 3. The predicted molar refractivity (Wildman–Crippen MR) is 64.6 cm³/mol. The van der Waals surface area contributed by atoms with Gasteiger partial charge >= 0.3 is 0 Å². The van der Waals surface area contributed by atoms with Crippen molar-refractivity contribution in [2.24, 2.45) is 0 Å². The summed E-state index contributed by atoms with van der Waals surface area (Å²) in [5.74, 6) is 0.243. The van der Waals surface area contributed by atoms with Crippen molar-refractivity contribution < 1.29 is 19.0 Å². The Labute approximate surface area is 108 Å². The second-order valence-electron chi connectivity index (χ2n) is 3.96. The van der Waals surface area contributed by atoms with E-state index in [1.54, 1.807) is 12.1 Å². The molecule has 0 radical (unpaired) electrons. The van der Waals surface area contributed by atoms with Gasteiger partial charge in [0.1, 0.15) is 23.8 Å². The number of rotatable bonds is 4. The average Bonchev–Trinajstić information content (AvgIpc) is 2.30. The molecule has 0 aliphatic heterocycles. The Bertz CT molecular complexity index is 399. The predicted octanol–water partition coefficient (Wildman–Crippen LogP) is 2.51. The lowest BCUT2D eigenvalue weighted by Gasteiger charge is -2.40. The van der Waals surface area contributed by atoms with Crippen LogP contribution in [0, 0.1) is 5.82 Å². The lowest BCUT2D eigenvalue weighted by Crippen LogP contribution is -2.55. The Hall–Kier alpha value is -0.650. The summed E-state index contributed by atoms with van der Waals surface area (Å²) in [6.45, 7) is 2.41. The van der Waals surface area contributed by atoms with E-state index < -0.39 is 6.10 Å². The van der Waals surface area contributed by atoms with Crippen LogP contribution in [0.3, 0.4) is 0 Å². The molecular weight excluding hydrogens is 291 g/mol. The molecule has 0 bridgehead atoms. The molecule has 2 rings (SSSR count). The molecule has 3 unspecified atom stereocenters. The molecule has 1 aromatic carbocycles. The average molecular weight is 305 g/mol. The first-order valence-corrected chi connectivity index (χ1v) is 6.32. The molecule has 0 aromatic heterocycles. The molecule has 0 spiro atoms. The molecule has 1 fully saturated rings. The van der Waals surface area contributed by atoms with Crippen LogP contribution in [-0.4, -0.2) is 30.0 Å². The standard InChI is InChI=1S/C12H14BrFO3/c1-2-16-12-10(15)6-11(12)17-7-3-4-9(14)8(13)5-7/h3-5,10-12,15H,2,6H2,1H3. The van der Waals surface area contributed by atoms with E-state index in [0.717, 1.165) is 0 Å². The van der Waals surface area contributed by atoms with Gasteiger partial charge in [-0.3, -0.25) is 0 Å². The molecule has 1 N–H and O–H groups in total. The summed E-state index contributed by atoms with van der Waals surface area (Å²) in [7, 11) is 0. The number of aliphatic hydroxyl groups is 1. The van der Waals surface area contributed by atoms with Crippen molar-refractivity contribution in [2.75, 3.05) is 6.61 Å². The molecule has 3 atom stereocenters. The third-order valence-electron chi connectivity index (χ3n) is 2.76. The van der Waals surface area contributed by atoms with Gasteiger partial charge in [0.05, 0.1) is 10.6 Å². The van der Waals surface area contributed by atoms with Crippen molar-refractivity contribution in [2.45, 2.75) is 31.7 Å². The zero-order valence-corrected chi connectivity index (χ0v) is 11.0. The maximum Gasteiger partial charge on any atom is 0.137 e. The van der Waals surface area contributed by atoms with E-state index in [1.165, 1.54) is 6.07 Å². The highest BCUT2D eigenvalue weighted by Crippen LogP contribution is 2.30. The van der Waals surface area contributed by atoms with E-state index >= 15 is 0 Å². The first kappa shape index (κ1) is 12.8. The molecule has 0 heterocycles. The van der Waals surface area contributed by atoms with Gasteiger partial charge in [0.15, 0.2) is 0 Å². The summed E-state index contributed by atoms with van der Waals surface area (Å²) >= 11 is 3.10. The van der Waals surface area contributed by atoms with E-state index in [0.29, 0.717) is 23.2 Å². The van der Waals surface area contributed by atoms with Crippen LogP contribution in [0.1, 0.15) is 13.3 Å². The second-order valence-corrected chi connectivity index (χ2v) is 4.81. The fourth-order valence-corrected chi connectivity index (χ4v) is 2.17. The first-order valence-electron chi connectivity index (χ1n) is 5.53. The van der Waals surface area contributed by atoms with E-state index in [2.05, 4.69) is 15.9 Å². The SMILES string of the molecule is CCOC1C(O)CC1Oc1ccc(F)c(Br)c1. The summed E-state index contributed by atoms with van der Waals surface area (Å²) in [5, 5.41) is 9.51. The minimum atomic E-state index is -0.469. The second kappa shape index (κ2) is 5.33. The van der Waals surface area contributed by atoms with E-state index in [1.807, 2.05) is 6.92 Å². The van der Waals surface area contributed by atoms with Crippen LogP contribution in [-0.2, 0) is 4.74 Å². The molecule has 94 valence electrons. The van der Waals surface area contributed by atoms with Gasteiger partial charge in [0.25, 0.3) is 0 Å². The van der Waals surface area contributed by atoms with Crippen molar-refractivity contribution >= 4 is 15.9 Å². The monoisotopic (exact) mass is 304 g/mol. The number of benzene rings is 1. The summed E-state index contributed by atoms with van der Waals surface area (Å²) in [6, 6.07) is 4.47. The fourth-order valence-electron chi connectivity index (χ4n) is 1.81. The van der Waals surface area contributed by atoms with Gasteiger partial charge in [-0.25, -0.2) is 4.39 Å². The quantitative estimate of drug-likeness (QED) is 0.929. The normalized spacial score (nSPS) is 27.6. The van der Waals surface area contributed by atoms with Gasteiger partial charge < -0.3 is 14.6 Å². The summed E-state index contributed by atoms with van der Waals surface area (Å²) in [4.78, 5) is 0. The highest BCUT2D eigenvalue weighted by atomic mass is 79.9. The molecule has 1 saturated carbocycles. The molecule has 0 saturated heterocycles. The van der Waals surface area contributed by atoms with Crippen LogP contribution in [0.2, 0.25) is 0 Å². The van der Waals surface area contributed by atoms with Crippen LogP contribution in [0.5, 0.6) is 5.75 Å². The molecule has 1 aromatic rings. The van der Waals surface area contributed by atoms with Gasteiger partial charge in [-0.15, -0.1) is 0 Å². The third kappa shape index (κ3) is 2.78. The first-order chi connectivity index (χ1) is 8.11. The van der Waals surface area contributed by atoms with Crippen molar-refractivity contribution in [1.82, 2.24) is 0 Å². The van der Waals surface area contributed by atoms with Crippen molar-refractivity contribution in [1.29, 1.82) is 0 Å². The molecule has 3 nitrogen and oxygen atoms in total. The highest BCUT2D eigenvalue weighted by molar-refractivity contribution is 9.10. The van der Waals surface area contributed by atoms with Gasteiger partial charge in [0, 0.05) is 13.0 Å². The maximum absolute atomic E-state index is 13.0. The number of ether oxygens (including phenoxy) is 2. The van der Waals surface area contributed by atoms with Crippen molar-refractivity contribution in [3.05, 3.63) is 28.5 Å². The van der Waals surface area contributed by atoms with Gasteiger partial charge in [0.2, 0.25) is 0 Å². The molecule has 0 amide bonds. The Morgan fingerprint density at radius 2 is 2.29 bits per heavy atom. The van der Waals surface area contributed by atoms with Crippen molar-refractivity contribution in [3.8, 4) is 5.75 Å². The molecule has 1 aliphatic rings. The lowest BCUT2D eigenvalue weighted by atomic mass is 9.88. The van der Waals surface area contributed by atoms with E-state index in [4.69, 9.17) is 9.47 Å². The third-order valence-corrected chi connectivity index (χ3v) is 3.36. The molecule has 1 aliphatic carbocycles. The zero-order valence-electron chi connectivity index (χ0n) is 9.40. The van der Waals surface area contributed by atoms with E-state index in [-0.39, 0.29) is 18.0 Å². The Morgan fingerprint density at radius 3 is 2.88 bits per heavy atom. The van der Waals surface area contributed by atoms with Crippen LogP contribution in [0.15, 0.2) is 22.7 Å². The number of halogens is 2. The van der Waals surface area contributed by atoms with Crippen LogP contribution >= 0.6 is 15.9 Å². The molecule has 5 heteroatoms. The Kier molecular flexibility index (Phi) is 4.01. The number of hydrogen-bond donors (Lipinski definition) is 1. The Morgan fingerprint density at radius 1 is 1.53 bits per heavy atom. The zero-order chi connectivity index (χ0) is 12.4. The maximum atomic E-state index is 13.0. The van der Waals surface area contributed by atoms with Crippen LogP contribution in [0.4, 0.5) is 4.39 Å². The van der Waals surface area contributed by atoms with E-state index in [9.17, 15) is 9.50 Å². The number of aliphatic hydroxyl groups excluding tert-OH is 1. The van der Waals surface area contributed by atoms with Gasteiger partial charge in [-0.1, -0.05) is 0 Å². The summed E-state index contributed by atoms with van der Waals surface area (Å²) < 4.78 is 24.4. The van der Waals surface area contributed by atoms with Crippen LogP contribution < -0.4 is 4.74 Å². The topological polar surface area (TPSA) is 38.7 Å².